The van der Waals surface area contributed by atoms with Crippen molar-refractivity contribution in [3.63, 3.8) is 0 Å². The molecule has 0 amide bonds. The van der Waals surface area contributed by atoms with E-state index in [1.165, 1.54) is 0 Å². The van der Waals surface area contributed by atoms with Crippen molar-refractivity contribution in [2.24, 2.45) is 0 Å². The Kier molecular flexibility index (Phi) is 5.20. The lowest BCUT2D eigenvalue weighted by Crippen LogP contribution is -2.28. The zero-order valence-electron chi connectivity index (χ0n) is 13.8. The van der Waals surface area contributed by atoms with Gasteiger partial charge in [-0.2, -0.15) is 4.98 Å². The lowest BCUT2D eigenvalue weighted by molar-refractivity contribution is 0.376. The van der Waals surface area contributed by atoms with E-state index in [0.29, 0.717) is 29.2 Å². The Morgan fingerprint density at radius 3 is 2.68 bits per heavy atom. The summed E-state index contributed by atoms with van der Waals surface area (Å²) >= 11 is 5.24. The number of aryl methyl sites for hydroxylation is 1. The summed E-state index contributed by atoms with van der Waals surface area (Å²) in [6.45, 7) is 2.24. The fourth-order valence-electron chi connectivity index (χ4n) is 2.11. The molecule has 128 valence electrons. The smallest absolute Gasteiger partial charge is 0.246 e. The Morgan fingerprint density at radius 2 is 1.96 bits per heavy atom. The number of thiocarbonyl (C=S) groups is 1. The molecule has 1 aromatic carbocycles. The minimum atomic E-state index is 0.320. The number of pyridine rings is 1. The van der Waals surface area contributed by atoms with E-state index >= 15 is 0 Å². The summed E-state index contributed by atoms with van der Waals surface area (Å²) in [6.07, 6.45) is 0. The topological polar surface area (TPSA) is 85.1 Å². The van der Waals surface area contributed by atoms with Crippen molar-refractivity contribution < 1.29 is 9.26 Å². The van der Waals surface area contributed by atoms with Gasteiger partial charge in [-0.15, -0.1) is 0 Å². The normalized spacial score (nSPS) is 10.3. The number of methoxy groups -OCH3 is 1. The fraction of sp³-hybridized carbons (Fsp3) is 0.176. The summed E-state index contributed by atoms with van der Waals surface area (Å²) < 4.78 is 10.4. The zero-order chi connectivity index (χ0) is 17.6. The van der Waals surface area contributed by atoms with Crippen molar-refractivity contribution >= 4 is 23.1 Å². The van der Waals surface area contributed by atoms with Crippen LogP contribution in [0.5, 0.6) is 5.75 Å². The van der Waals surface area contributed by atoms with Crippen molar-refractivity contribution in [2.45, 2.75) is 13.5 Å². The molecule has 0 aliphatic rings. The van der Waals surface area contributed by atoms with E-state index in [1.54, 1.807) is 7.11 Å². The summed E-state index contributed by atoms with van der Waals surface area (Å²) in [5.41, 5.74) is 1.76. The van der Waals surface area contributed by atoms with Gasteiger partial charge in [-0.25, -0.2) is 4.98 Å². The minimum Gasteiger partial charge on any atom is -0.497 e. The van der Waals surface area contributed by atoms with E-state index in [2.05, 4.69) is 25.8 Å². The maximum Gasteiger partial charge on any atom is 0.246 e. The Bertz CT molecular complexity index is 863. The molecule has 0 saturated heterocycles. The SMILES string of the molecule is COc1ccc(-c2noc(CNC(=S)Nc3cccc(C)n3)n2)cc1. The average Bonchev–Trinajstić information content (AvgIpc) is 3.09. The highest BCUT2D eigenvalue weighted by molar-refractivity contribution is 7.80. The van der Waals surface area contributed by atoms with Crippen molar-refractivity contribution in [1.29, 1.82) is 0 Å². The number of nitrogens with zero attached hydrogens (tertiary/aromatic N) is 3. The van der Waals surface area contributed by atoms with Crippen molar-refractivity contribution in [3.8, 4) is 17.1 Å². The van der Waals surface area contributed by atoms with Crippen LogP contribution >= 0.6 is 12.2 Å². The number of rotatable bonds is 5. The highest BCUT2D eigenvalue weighted by Gasteiger charge is 2.09. The van der Waals surface area contributed by atoms with Gasteiger partial charge in [0.1, 0.15) is 11.6 Å². The first-order chi connectivity index (χ1) is 12.1. The van der Waals surface area contributed by atoms with E-state index < -0.39 is 0 Å². The molecule has 0 aliphatic carbocycles. The third-order valence-electron chi connectivity index (χ3n) is 3.35. The second-order valence-electron chi connectivity index (χ2n) is 5.21. The molecule has 0 unspecified atom stereocenters. The maximum absolute atomic E-state index is 5.24. The monoisotopic (exact) mass is 355 g/mol. The lowest BCUT2D eigenvalue weighted by atomic mass is 10.2. The van der Waals surface area contributed by atoms with Gasteiger partial charge in [0.15, 0.2) is 5.11 Å². The Hall–Kier alpha value is -3.00. The molecule has 3 rings (SSSR count). The van der Waals surface area contributed by atoms with Gasteiger partial charge in [0.05, 0.1) is 13.7 Å². The highest BCUT2D eigenvalue weighted by Crippen LogP contribution is 2.19. The van der Waals surface area contributed by atoms with E-state index in [4.69, 9.17) is 21.5 Å². The molecule has 2 aromatic heterocycles. The minimum absolute atomic E-state index is 0.320. The van der Waals surface area contributed by atoms with E-state index in [9.17, 15) is 0 Å². The molecule has 0 fully saturated rings. The summed E-state index contributed by atoms with van der Waals surface area (Å²) in [4.78, 5) is 8.67. The predicted octanol–water partition coefficient (Wildman–Crippen LogP) is 2.94. The van der Waals surface area contributed by atoms with E-state index in [0.717, 1.165) is 17.0 Å². The van der Waals surface area contributed by atoms with Crippen molar-refractivity contribution in [1.82, 2.24) is 20.4 Å². The number of ether oxygens (including phenoxy) is 1. The maximum atomic E-state index is 5.24. The zero-order valence-corrected chi connectivity index (χ0v) is 14.6. The number of aromatic nitrogens is 3. The van der Waals surface area contributed by atoms with Crippen LogP contribution in [-0.2, 0) is 6.54 Å². The first kappa shape index (κ1) is 16.8. The van der Waals surface area contributed by atoms with Crippen LogP contribution < -0.4 is 15.4 Å². The second-order valence-corrected chi connectivity index (χ2v) is 5.62. The van der Waals surface area contributed by atoms with Crippen LogP contribution in [-0.4, -0.2) is 27.3 Å². The fourth-order valence-corrected chi connectivity index (χ4v) is 2.29. The third kappa shape index (κ3) is 4.51. The van der Waals surface area contributed by atoms with E-state index in [-0.39, 0.29) is 0 Å². The molecular weight excluding hydrogens is 338 g/mol. The third-order valence-corrected chi connectivity index (χ3v) is 3.59. The van der Waals surface area contributed by atoms with Gasteiger partial charge in [0.25, 0.3) is 0 Å². The van der Waals surface area contributed by atoms with Gasteiger partial charge in [0, 0.05) is 11.3 Å². The van der Waals surface area contributed by atoms with Gasteiger partial charge < -0.3 is 19.9 Å². The predicted molar refractivity (Wildman–Crippen MR) is 98.3 cm³/mol. The van der Waals surface area contributed by atoms with Gasteiger partial charge >= 0.3 is 0 Å². The quantitative estimate of drug-likeness (QED) is 0.676. The summed E-state index contributed by atoms with van der Waals surface area (Å²) in [5.74, 6) is 2.41. The number of benzene rings is 1. The Morgan fingerprint density at radius 1 is 1.16 bits per heavy atom. The molecule has 7 nitrogen and oxygen atoms in total. The van der Waals surface area contributed by atoms with Crippen LogP contribution in [0.3, 0.4) is 0 Å². The van der Waals surface area contributed by atoms with E-state index in [1.807, 2.05) is 49.4 Å². The molecule has 0 saturated carbocycles. The molecule has 2 N–H and O–H groups in total. The summed E-state index contributed by atoms with van der Waals surface area (Å²) in [5, 5.41) is 10.4. The first-order valence-electron chi connectivity index (χ1n) is 7.59. The Balaban J connectivity index is 1.56. The molecule has 0 aliphatic heterocycles. The molecule has 8 heteroatoms. The van der Waals surface area contributed by atoms with Gasteiger partial charge in [-0.3, -0.25) is 0 Å². The van der Waals surface area contributed by atoms with Crippen LogP contribution in [0.1, 0.15) is 11.6 Å². The molecule has 0 bridgehead atoms. The van der Waals surface area contributed by atoms with Crippen LogP contribution in [0.15, 0.2) is 47.0 Å². The van der Waals surface area contributed by atoms with Crippen molar-refractivity contribution in [3.05, 3.63) is 54.0 Å². The molecule has 0 spiro atoms. The lowest BCUT2D eigenvalue weighted by Gasteiger charge is -2.08. The molecule has 0 atom stereocenters. The van der Waals surface area contributed by atoms with Gasteiger partial charge in [-0.1, -0.05) is 11.2 Å². The standard InChI is InChI=1S/C17H17N5O2S/c1-11-4-3-5-14(19-11)20-17(25)18-10-15-21-16(22-24-15)12-6-8-13(23-2)9-7-12/h3-9H,10H2,1-2H3,(H2,18,19,20,25). The molecule has 2 heterocycles. The average molecular weight is 355 g/mol. The van der Waals surface area contributed by atoms with Crippen LogP contribution in [0.2, 0.25) is 0 Å². The molecule has 0 radical (unpaired) electrons. The van der Waals surface area contributed by atoms with Crippen LogP contribution in [0.4, 0.5) is 5.82 Å². The molecule has 25 heavy (non-hydrogen) atoms. The number of hydrogen-bond donors (Lipinski definition) is 2. The van der Waals surface area contributed by atoms with Crippen LogP contribution in [0.25, 0.3) is 11.4 Å². The number of anilines is 1. The van der Waals surface area contributed by atoms with Crippen LogP contribution in [0, 0.1) is 6.92 Å². The molecule has 3 aromatic rings. The number of nitrogens with one attached hydrogen (secondary N) is 2. The van der Waals surface area contributed by atoms with Crippen molar-refractivity contribution in [2.75, 3.05) is 12.4 Å². The largest absolute Gasteiger partial charge is 0.497 e. The second kappa shape index (κ2) is 7.71. The first-order valence-corrected chi connectivity index (χ1v) is 8.00. The summed E-state index contributed by atoms with van der Waals surface area (Å²) in [7, 11) is 1.62. The van der Waals surface area contributed by atoms with Gasteiger partial charge in [-0.05, 0) is 55.5 Å². The Labute approximate surface area is 150 Å². The number of hydrogen-bond acceptors (Lipinski definition) is 6. The van der Waals surface area contributed by atoms with Gasteiger partial charge in [0.2, 0.25) is 11.7 Å². The molecular formula is C17H17N5O2S. The summed E-state index contributed by atoms with van der Waals surface area (Å²) in [6, 6.07) is 13.1. The highest BCUT2D eigenvalue weighted by atomic mass is 32.1.